The first kappa shape index (κ1) is 13.6. The number of nitrogen functional groups attached to an aromatic ring is 1. The van der Waals surface area contributed by atoms with Gasteiger partial charge in [-0.1, -0.05) is 41.7 Å². The fourth-order valence-corrected chi connectivity index (χ4v) is 4.42. The molecule has 1 aromatic heterocycles. The third kappa shape index (κ3) is 2.23. The van der Waals surface area contributed by atoms with Crippen molar-refractivity contribution in [1.82, 2.24) is 9.88 Å². The van der Waals surface area contributed by atoms with Gasteiger partial charge in [0.05, 0.1) is 16.6 Å². The zero-order valence-corrected chi connectivity index (χ0v) is 12.9. The predicted molar refractivity (Wildman–Crippen MR) is 84.5 cm³/mol. The molecule has 3 heterocycles. The van der Waals surface area contributed by atoms with E-state index in [2.05, 4.69) is 4.98 Å². The number of carbonyl (C=O) groups excluding carboxylic acids is 1. The monoisotopic (exact) mass is 315 g/mol. The van der Waals surface area contributed by atoms with Crippen LogP contribution < -0.4 is 5.73 Å². The largest absolute Gasteiger partial charge is 0.445 e. The van der Waals surface area contributed by atoms with Crippen molar-refractivity contribution in [1.29, 1.82) is 0 Å². The van der Waals surface area contributed by atoms with Crippen LogP contribution in [-0.4, -0.2) is 22.0 Å². The highest BCUT2D eigenvalue weighted by Crippen LogP contribution is 2.46. The number of nitrogens with two attached hydrogens (primary N) is 1. The predicted octanol–water partition coefficient (Wildman–Crippen LogP) is 3.12. The van der Waals surface area contributed by atoms with Crippen LogP contribution >= 0.6 is 11.3 Å². The highest BCUT2D eigenvalue weighted by molar-refractivity contribution is 7.15. The second kappa shape index (κ2) is 5.28. The molecule has 2 N–H and O–H groups in total. The summed E-state index contributed by atoms with van der Waals surface area (Å²) in [5, 5.41) is 0.593. The summed E-state index contributed by atoms with van der Waals surface area (Å²) in [6.45, 7) is 0.313. The Balaban J connectivity index is 1.50. The quantitative estimate of drug-likeness (QED) is 0.924. The molecule has 0 saturated carbocycles. The maximum atomic E-state index is 12.5. The Morgan fingerprint density at radius 1 is 1.36 bits per heavy atom. The summed E-state index contributed by atoms with van der Waals surface area (Å²) in [4.78, 5) is 19.9. The molecular formula is C16H17N3O2S. The molecule has 1 aromatic carbocycles. The van der Waals surface area contributed by atoms with Gasteiger partial charge in [-0.25, -0.2) is 9.78 Å². The molecule has 0 aliphatic carbocycles. The molecule has 2 unspecified atom stereocenters. The zero-order chi connectivity index (χ0) is 15.1. The molecule has 2 bridgehead atoms. The number of amides is 1. The molecule has 0 radical (unpaired) electrons. The Bertz CT molecular complexity index is 701. The van der Waals surface area contributed by atoms with E-state index in [-0.39, 0.29) is 18.2 Å². The van der Waals surface area contributed by atoms with Crippen molar-refractivity contribution in [3.05, 3.63) is 46.5 Å². The number of nitrogens with zero attached hydrogens (tertiary/aromatic N) is 2. The van der Waals surface area contributed by atoms with Gasteiger partial charge in [0, 0.05) is 12.5 Å². The second-order valence-corrected chi connectivity index (χ2v) is 6.82. The minimum Gasteiger partial charge on any atom is -0.445 e. The third-order valence-electron chi connectivity index (χ3n) is 4.39. The van der Waals surface area contributed by atoms with Gasteiger partial charge in [0.25, 0.3) is 0 Å². The number of aromatic nitrogens is 1. The first-order valence-corrected chi connectivity index (χ1v) is 8.28. The molecule has 0 spiro atoms. The highest BCUT2D eigenvalue weighted by atomic mass is 32.1. The fourth-order valence-electron chi connectivity index (χ4n) is 3.42. The lowest BCUT2D eigenvalue weighted by atomic mass is 10.1. The summed E-state index contributed by atoms with van der Waals surface area (Å²) >= 11 is 1.50. The Morgan fingerprint density at radius 2 is 2.18 bits per heavy atom. The lowest BCUT2D eigenvalue weighted by molar-refractivity contribution is 0.0749. The van der Waals surface area contributed by atoms with Gasteiger partial charge in [0.1, 0.15) is 6.61 Å². The summed E-state index contributed by atoms with van der Waals surface area (Å²) in [5.41, 5.74) is 7.89. The van der Waals surface area contributed by atoms with E-state index in [1.165, 1.54) is 11.3 Å². The van der Waals surface area contributed by atoms with Crippen molar-refractivity contribution in [3.8, 4) is 0 Å². The van der Waals surface area contributed by atoms with Crippen LogP contribution in [-0.2, 0) is 17.8 Å². The number of rotatable bonds is 2. The van der Waals surface area contributed by atoms with E-state index in [1.807, 2.05) is 35.2 Å². The standard InChI is InChI=1S/C16H17N3O2S/c17-15-18-12-8-11-6-7-13(14(12)22-15)19(11)16(20)21-9-10-4-2-1-3-5-10/h1-5,11,13H,6-9H2,(H2,17,18). The number of ether oxygens (including phenoxy) is 1. The summed E-state index contributed by atoms with van der Waals surface area (Å²) in [6.07, 6.45) is 2.54. The van der Waals surface area contributed by atoms with Crippen LogP contribution in [0.4, 0.5) is 9.93 Å². The van der Waals surface area contributed by atoms with Crippen molar-refractivity contribution >= 4 is 22.6 Å². The third-order valence-corrected chi connectivity index (χ3v) is 5.42. The molecule has 4 rings (SSSR count). The fraction of sp³-hybridized carbons (Fsp3) is 0.375. The van der Waals surface area contributed by atoms with Crippen LogP contribution in [0.3, 0.4) is 0 Å². The molecule has 1 saturated heterocycles. The van der Waals surface area contributed by atoms with E-state index in [1.54, 1.807) is 0 Å². The molecule has 22 heavy (non-hydrogen) atoms. The van der Waals surface area contributed by atoms with Crippen LogP contribution in [0, 0.1) is 0 Å². The van der Waals surface area contributed by atoms with E-state index in [0.717, 1.165) is 35.4 Å². The second-order valence-electron chi connectivity index (χ2n) is 5.76. The maximum absolute atomic E-state index is 12.5. The van der Waals surface area contributed by atoms with E-state index in [0.29, 0.717) is 11.7 Å². The molecule has 1 amide bonds. The smallest absolute Gasteiger partial charge is 0.410 e. The van der Waals surface area contributed by atoms with Crippen molar-refractivity contribution in [2.24, 2.45) is 0 Å². The normalized spacial score (nSPS) is 22.5. The molecule has 2 aliphatic rings. The zero-order valence-electron chi connectivity index (χ0n) is 12.1. The van der Waals surface area contributed by atoms with Crippen LogP contribution in [0.5, 0.6) is 0 Å². The number of benzene rings is 1. The van der Waals surface area contributed by atoms with Crippen LogP contribution in [0.2, 0.25) is 0 Å². The van der Waals surface area contributed by atoms with E-state index >= 15 is 0 Å². The first-order valence-electron chi connectivity index (χ1n) is 7.46. The molecule has 2 atom stereocenters. The van der Waals surface area contributed by atoms with Gasteiger partial charge >= 0.3 is 6.09 Å². The summed E-state index contributed by atoms with van der Waals surface area (Å²) < 4.78 is 5.51. The topological polar surface area (TPSA) is 68.5 Å². The summed E-state index contributed by atoms with van der Waals surface area (Å²) in [7, 11) is 0. The molecule has 2 aliphatic heterocycles. The number of carbonyl (C=O) groups is 1. The lowest BCUT2D eigenvalue weighted by Crippen LogP contribution is -2.41. The number of thiazole rings is 1. The van der Waals surface area contributed by atoms with Crippen molar-refractivity contribution in [2.45, 2.75) is 38.0 Å². The van der Waals surface area contributed by atoms with Crippen molar-refractivity contribution in [3.63, 3.8) is 0 Å². The summed E-state index contributed by atoms with van der Waals surface area (Å²) in [5.74, 6) is 0. The van der Waals surface area contributed by atoms with Gasteiger partial charge in [-0.3, -0.25) is 4.90 Å². The van der Waals surface area contributed by atoms with Gasteiger partial charge < -0.3 is 10.5 Å². The maximum Gasteiger partial charge on any atom is 0.410 e. The Kier molecular flexibility index (Phi) is 3.26. The van der Waals surface area contributed by atoms with E-state index in [4.69, 9.17) is 10.5 Å². The Morgan fingerprint density at radius 3 is 3.00 bits per heavy atom. The van der Waals surface area contributed by atoms with Crippen molar-refractivity contribution in [2.75, 3.05) is 5.73 Å². The summed E-state index contributed by atoms with van der Waals surface area (Å²) in [6, 6.07) is 10.0. The Hall–Kier alpha value is -2.08. The van der Waals surface area contributed by atoms with Gasteiger partial charge in [0.2, 0.25) is 0 Å². The van der Waals surface area contributed by atoms with Crippen LogP contribution in [0.1, 0.15) is 35.0 Å². The minimum absolute atomic E-state index is 0.0897. The molecule has 5 nitrogen and oxygen atoms in total. The van der Waals surface area contributed by atoms with Gasteiger partial charge in [-0.15, -0.1) is 0 Å². The molecule has 1 fully saturated rings. The van der Waals surface area contributed by atoms with Crippen molar-refractivity contribution < 1.29 is 9.53 Å². The average Bonchev–Trinajstić information content (AvgIpc) is 3.06. The highest BCUT2D eigenvalue weighted by Gasteiger charge is 2.45. The Labute approximate surface area is 132 Å². The number of anilines is 1. The first-order chi connectivity index (χ1) is 10.7. The SMILES string of the molecule is Nc1nc2c(s1)C1CCC(C2)N1C(=O)OCc1ccccc1. The van der Waals surface area contributed by atoms with E-state index < -0.39 is 0 Å². The average molecular weight is 315 g/mol. The van der Waals surface area contributed by atoms with Crippen LogP contribution in [0.25, 0.3) is 0 Å². The molecule has 2 aromatic rings. The minimum atomic E-state index is -0.228. The number of hydrogen-bond acceptors (Lipinski definition) is 5. The van der Waals surface area contributed by atoms with E-state index in [9.17, 15) is 4.79 Å². The molecular weight excluding hydrogens is 298 g/mol. The number of hydrogen-bond donors (Lipinski definition) is 1. The lowest BCUT2D eigenvalue weighted by Gasteiger charge is -2.33. The van der Waals surface area contributed by atoms with Crippen LogP contribution in [0.15, 0.2) is 30.3 Å². The van der Waals surface area contributed by atoms with Gasteiger partial charge in [-0.05, 0) is 18.4 Å². The van der Waals surface area contributed by atoms with Gasteiger partial charge in [0.15, 0.2) is 5.13 Å². The number of fused-ring (bicyclic) bond motifs is 4. The molecule has 6 heteroatoms. The van der Waals surface area contributed by atoms with Gasteiger partial charge in [-0.2, -0.15) is 0 Å². The molecule has 114 valence electrons.